The first-order valence-electron chi connectivity index (χ1n) is 6.53. The summed E-state index contributed by atoms with van der Waals surface area (Å²) in [5.74, 6) is 0.977. The molecule has 1 atom stereocenters. The predicted octanol–water partition coefficient (Wildman–Crippen LogP) is 3.59. The normalized spacial score (nSPS) is 14.2. The molecule has 2 N–H and O–H groups in total. The first-order valence-corrected chi connectivity index (χ1v) is 7.61. The van der Waals surface area contributed by atoms with Crippen LogP contribution in [0.25, 0.3) is 11.5 Å². The Labute approximate surface area is 132 Å². The van der Waals surface area contributed by atoms with Gasteiger partial charge in [-0.1, -0.05) is 12.1 Å². The summed E-state index contributed by atoms with van der Waals surface area (Å²) in [6.45, 7) is 6.54. The molecule has 0 bridgehead atoms. The molecular weight excluding hydrogens is 369 g/mol. The average molecular weight is 387 g/mol. The summed E-state index contributed by atoms with van der Waals surface area (Å²) in [7, 11) is 0. The van der Waals surface area contributed by atoms with Gasteiger partial charge in [0.1, 0.15) is 5.60 Å². The Morgan fingerprint density at radius 3 is 2.80 bits per heavy atom. The van der Waals surface area contributed by atoms with E-state index in [0.717, 1.165) is 15.6 Å². The number of ether oxygens (including phenoxy) is 1. The summed E-state index contributed by atoms with van der Waals surface area (Å²) in [6.07, 6.45) is 0.765. The van der Waals surface area contributed by atoms with Gasteiger partial charge in [-0.25, -0.2) is 0 Å². The van der Waals surface area contributed by atoms with Crippen LogP contribution < -0.4 is 5.73 Å². The molecule has 0 aliphatic heterocycles. The largest absolute Gasteiger partial charge is 0.398 e. The van der Waals surface area contributed by atoms with Gasteiger partial charge in [-0.05, 0) is 61.1 Å². The van der Waals surface area contributed by atoms with E-state index in [-0.39, 0.29) is 0 Å². The van der Waals surface area contributed by atoms with Gasteiger partial charge in [0.05, 0.1) is 5.56 Å². The van der Waals surface area contributed by atoms with E-state index in [2.05, 4.69) is 32.7 Å². The van der Waals surface area contributed by atoms with Crippen molar-refractivity contribution in [3.63, 3.8) is 0 Å². The van der Waals surface area contributed by atoms with Crippen molar-refractivity contribution < 1.29 is 9.26 Å². The number of nitrogens with two attached hydrogens (primary N) is 1. The molecule has 0 aliphatic rings. The summed E-state index contributed by atoms with van der Waals surface area (Å²) < 4.78 is 12.2. The maximum Gasteiger partial charge on any atom is 0.260 e. The van der Waals surface area contributed by atoms with Crippen LogP contribution in [-0.2, 0) is 10.3 Å². The lowest BCUT2D eigenvalue weighted by molar-refractivity contribution is -0.0403. The monoisotopic (exact) mass is 387 g/mol. The maximum atomic E-state index is 5.97. The molecule has 1 aromatic heterocycles. The van der Waals surface area contributed by atoms with Gasteiger partial charge in [0.15, 0.2) is 0 Å². The second-order valence-corrected chi connectivity index (χ2v) is 5.92. The molecule has 6 heteroatoms. The summed E-state index contributed by atoms with van der Waals surface area (Å²) in [4.78, 5) is 4.46. The van der Waals surface area contributed by atoms with Crippen molar-refractivity contribution in [1.29, 1.82) is 0 Å². The minimum absolute atomic E-state index is 0.426. The highest BCUT2D eigenvalue weighted by atomic mass is 127. The van der Waals surface area contributed by atoms with Gasteiger partial charge in [-0.15, -0.1) is 0 Å². The number of halogens is 1. The van der Waals surface area contributed by atoms with Crippen LogP contribution in [0.15, 0.2) is 22.7 Å². The Morgan fingerprint density at radius 2 is 2.15 bits per heavy atom. The third-order valence-electron chi connectivity index (χ3n) is 3.28. The molecule has 2 rings (SSSR count). The zero-order chi connectivity index (χ0) is 14.8. The molecule has 0 fully saturated rings. The molecular formula is C14H18IN3O2. The molecule has 1 unspecified atom stereocenters. The Bertz CT molecular complexity index is 600. The van der Waals surface area contributed by atoms with Crippen molar-refractivity contribution in [2.24, 2.45) is 0 Å². The highest BCUT2D eigenvalue weighted by Crippen LogP contribution is 2.31. The number of nitrogen functional groups attached to an aromatic ring is 1. The Balaban J connectivity index is 2.40. The van der Waals surface area contributed by atoms with Gasteiger partial charge in [-0.2, -0.15) is 4.98 Å². The third-order valence-corrected chi connectivity index (χ3v) is 3.95. The molecule has 108 valence electrons. The summed E-state index contributed by atoms with van der Waals surface area (Å²) in [5, 5.41) is 4.06. The van der Waals surface area contributed by atoms with Gasteiger partial charge in [0, 0.05) is 15.9 Å². The standard InChI is InChI=1S/C14H18IN3O2/c1-4-14(3,19-5-2)13-17-12(20-18-13)10-8-9(15)6-7-11(10)16/h6-8H,4-5,16H2,1-3H3. The highest BCUT2D eigenvalue weighted by Gasteiger charge is 2.31. The molecule has 0 aliphatic carbocycles. The van der Waals surface area contributed by atoms with Crippen LogP contribution in [0.1, 0.15) is 33.0 Å². The Hall–Kier alpha value is -1.15. The maximum absolute atomic E-state index is 5.97. The van der Waals surface area contributed by atoms with E-state index in [1.807, 2.05) is 39.0 Å². The molecule has 0 amide bonds. The third kappa shape index (κ3) is 2.95. The van der Waals surface area contributed by atoms with Gasteiger partial charge in [-0.3, -0.25) is 0 Å². The number of nitrogens with zero attached hydrogens (tertiary/aromatic N) is 2. The van der Waals surface area contributed by atoms with E-state index >= 15 is 0 Å². The Kier molecular flexibility index (Phi) is 4.64. The lowest BCUT2D eigenvalue weighted by atomic mass is 10.0. The van der Waals surface area contributed by atoms with Crippen LogP contribution in [0.3, 0.4) is 0 Å². The van der Waals surface area contributed by atoms with Crippen molar-refractivity contribution in [3.8, 4) is 11.5 Å². The lowest BCUT2D eigenvalue weighted by Crippen LogP contribution is -2.26. The molecule has 0 saturated carbocycles. The van der Waals surface area contributed by atoms with E-state index in [0.29, 0.717) is 24.0 Å². The van der Waals surface area contributed by atoms with Crippen molar-refractivity contribution in [1.82, 2.24) is 10.1 Å². The summed E-state index contributed by atoms with van der Waals surface area (Å²) in [6, 6.07) is 5.70. The molecule has 0 saturated heterocycles. The average Bonchev–Trinajstić information content (AvgIpc) is 2.92. The van der Waals surface area contributed by atoms with Gasteiger partial charge < -0.3 is 15.0 Å². The molecule has 2 aromatic rings. The summed E-state index contributed by atoms with van der Waals surface area (Å²) in [5.41, 5.74) is 6.81. The van der Waals surface area contributed by atoms with Crippen molar-refractivity contribution in [2.45, 2.75) is 32.8 Å². The second-order valence-electron chi connectivity index (χ2n) is 4.67. The smallest absolute Gasteiger partial charge is 0.260 e. The van der Waals surface area contributed by atoms with Crippen LogP contribution in [0.2, 0.25) is 0 Å². The fraction of sp³-hybridized carbons (Fsp3) is 0.429. The number of hydrogen-bond donors (Lipinski definition) is 1. The molecule has 0 radical (unpaired) electrons. The van der Waals surface area contributed by atoms with Gasteiger partial charge in [0.2, 0.25) is 5.82 Å². The minimum Gasteiger partial charge on any atom is -0.398 e. The van der Waals surface area contributed by atoms with Crippen molar-refractivity contribution >= 4 is 28.3 Å². The van der Waals surface area contributed by atoms with Crippen LogP contribution in [0.4, 0.5) is 5.69 Å². The zero-order valence-corrected chi connectivity index (χ0v) is 14.0. The number of hydrogen-bond acceptors (Lipinski definition) is 5. The van der Waals surface area contributed by atoms with E-state index < -0.39 is 5.60 Å². The van der Waals surface area contributed by atoms with E-state index in [1.165, 1.54) is 0 Å². The fourth-order valence-electron chi connectivity index (χ4n) is 1.90. The molecule has 5 nitrogen and oxygen atoms in total. The van der Waals surface area contributed by atoms with Crippen LogP contribution in [-0.4, -0.2) is 16.7 Å². The molecule has 1 aromatic carbocycles. The van der Waals surface area contributed by atoms with Crippen LogP contribution in [0.5, 0.6) is 0 Å². The number of anilines is 1. The summed E-state index contributed by atoms with van der Waals surface area (Å²) >= 11 is 2.22. The topological polar surface area (TPSA) is 74.2 Å². The first kappa shape index (κ1) is 15.2. The SMILES string of the molecule is CCOC(C)(CC)c1noc(-c2cc(I)ccc2N)n1. The first-order chi connectivity index (χ1) is 9.50. The van der Waals surface area contributed by atoms with E-state index in [9.17, 15) is 0 Å². The minimum atomic E-state index is -0.535. The van der Waals surface area contributed by atoms with Crippen LogP contribution in [0, 0.1) is 3.57 Å². The number of aromatic nitrogens is 2. The predicted molar refractivity (Wildman–Crippen MR) is 86.1 cm³/mol. The zero-order valence-electron chi connectivity index (χ0n) is 11.8. The van der Waals surface area contributed by atoms with Crippen molar-refractivity contribution in [2.75, 3.05) is 12.3 Å². The highest BCUT2D eigenvalue weighted by molar-refractivity contribution is 14.1. The quantitative estimate of drug-likeness (QED) is 0.627. The second kappa shape index (κ2) is 6.09. The van der Waals surface area contributed by atoms with E-state index in [1.54, 1.807) is 0 Å². The fourth-order valence-corrected chi connectivity index (χ4v) is 2.40. The molecule has 20 heavy (non-hydrogen) atoms. The molecule has 0 spiro atoms. The van der Waals surface area contributed by atoms with E-state index in [4.69, 9.17) is 15.0 Å². The lowest BCUT2D eigenvalue weighted by Gasteiger charge is -2.23. The van der Waals surface area contributed by atoms with Crippen molar-refractivity contribution in [3.05, 3.63) is 27.6 Å². The van der Waals surface area contributed by atoms with Crippen LogP contribution >= 0.6 is 22.6 Å². The molecule has 1 heterocycles. The number of rotatable bonds is 5. The van der Waals surface area contributed by atoms with Gasteiger partial charge in [0.25, 0.3) is 5.89 Å². The van der Waals surface area contributed by atoms with Gasteiger partial charge >= 0.3 is 0 Å². The Morgan fingerprint density at radius 1 is 1.40 bits per heavy atom. The number of benzene rings is 1.